The molecule has 43 heavy (non-hydrogen) atoms. The van der Waals surface area contributed by atoms with Crippen LogP contribution in [0.4, 0.5) is 14.5 Å². The van der Waals surface area contributed by atoms with Crippen LogP contribution in [0.5, 0.6) is 5.75 Å². The third-order valence-corrected chi connectivity index (χ3v) is 5.91. The van der Waals surface area contributed by atoms with Crippen molar-refractivity contribution in [2.45, 2.75) is 60.0 Å². The lowest BCUT2D eigenvalue weighted by Gasteiger charge is -2.21. The number of aliphatic hydroxyl groups excluding tert-OH is 1. The molecule has 0 radical (unpaired) electrons. The smallest absolute Gasteiger partial charge is 0.244 e. The molecule has 0 aliphatic rings. The number of phenols is 1. The molecule has 7 nitrogen and oxygen atoms in total. The predicted molar refractivity (Wildman–Crippen MR) is 172 cm³/mol. The molecule has 2 amide bonds. The summed E-state index contributed by atoms with van der Waals surface area (Å²) in [6.45, 7) is 15.9. The quantitative estimate of drug-likeness (QED) is 0.134. The lowest BCUT2D eigenvalue weighted by Crippen LogP contribution is -2.33. The van der Waals surface area contributed by atoms with Crippen molar-refractivity contribution in [1.29, 1.82) is 0 Å². The van der Waals surface area contributed by atoms with Gasteiger partial charge in [-0.25, -0.2) is 8.78 Å². The molecule has 9 heteroatoms. The highest BCUT2D eigenvalue weighted by Crippen LogP contribution is 2.17. The van der Waals surface area contributed by atoms with Crippen LogP contribution < -0.4 is 10.2 Å². The van der Waals surface area contributed by atoms with Crippen molar-refractivity contribution >= 4 is 18.0 Å². The van der Waals surface area contributed by atoms with Gasteiger partial charge in [-0.2, -0.15) is 0 Å². The Bertz CT molecular complexity index is 1110. The third kappa shape index (κ3) is 19.7. The van der Waals surface area contributed by atoms with E-state index in [4.69, 9.17) is 0 Å². The van der Waals surface area contributed by atoms with E-state index in [1.165, 1.54) is 18.2 Å². The number of nitrogens with one attached hydrogen (secondary N) is 1. The number of halogens is 2. The summed E-state index contributed by atoms with van der Waals surface area (Å²) in [6.07, 6.45) is 8.03. The van der Waals surface area contributed by atoms with Crippen LogP contribution in [-0.4, -0.2) is 66.8 Å². The molecule has 2 aromatic carbocycles. The summed E-state index contributed by atoms with van der Waals surface area (Å²) >= 11 is 0. The van der Waals surface area contributed by atoms with E-state index in [9.17, 15) is 28.6 Å². The van der Waals surface area contributed by atoms with Gasteiger partial charge in [-0.05, 0) is 87.6 Å². The molecule has 2 rings (SSSR count). The number of amides is 2. The van der Waals surface area contributed by atoms with Gasteiger partial charge in [0.25, 0.3) is 0 Å². The molecule has 0 aliphatic carbocycles. The van der Waals surface area contributed by atoms with Gasteiger partial charge in [0.1, 0.15) is 17.4 Å². The van der Waals surface area contributed by atoms with Gasteiger partial charge in [-0.1, -0.05) is 38.2 Å². The number of hydrogen-bond donors (Lipinski definition) is 3. The SMILES string of the molecule is C=C/C(C)=C\C(C)=C/C(=O)NCC(O)CCN(C)c1ccc(O)cc1.CCCN(C=O)CCC.Cc1cc(F)cc(F)c1. The Balaban J connectivity index is 0.000000793. The van der Waals surface area contributed by atoms with Gasteiger partial charge in [-0.3, -0.25) is 9.59 Å². The topological polar surface area (TPSA) is 93.1 Å². The van der Waals surface area contributed by atoms with Crippen molar-refractivity contribution in [2.24, 2.45) is 0 Å². The minimum atomic E-state index is -0.623. The third-order valence-electron chi connectivity index (χ3n) is 5.91. The molecule has 1 atom stereocenters. The standard InChI is InChI=1S/C20H28N2O3.C7H6F2.C7H15NO/c1-5-15(2)12-16(3)13-20(25)21-14-19(24)10-11-22(4)17-6-8-18(23)9-7-17;1-5-2-6(8)4-7(9)3-5;1-3-5-8(7-9)6-4-2/h5-9,12-13,19,23-24H,1,10-11,14H2,2-4H3,(H,21,25);2-4H,1H3;7H,3-6H2,1-2H3/b15-12-,16-13-;;. The highest BCUT2D eigenvalue weighted by atomic mass is 19.1. The zero-order valence-corrected chi connectivity index (χ0v) is 26.4. The minimum absolute atomic E-state index is 0.205. The van der Waals surface area contributed by atoms with Crippen molar-refractivity contribution < 1.29 is 28.6 Å². The second kappa shape index (κ2) is 22.6. The van der Waals surface area contributed by atoms with E-state index in [0.717, 1.165) is 55.2 Å². The van der Waals surface area contributed by atoms with Crippen LogP contribution in [0.25, 0.3) is 0 Å². The first-order chi connectivity index (χ1) is 20.3. The number of rotatable bonds is 14. The molecule has 238 valence electrons. The molecule has 1 unspecified atom stereocenters. The minimum Gasteiger partial charge on any atom is -0.508 e. The summed E-state index contributed by atoms with van der Waals surface area (Å²) < 4.78 is 24.4. The Morgan fingerprint density at radius 1 is 0.977 bits per heavy atom. The number of nitrogens with zero attached hydrogens (tertiary/aromatic N) is 2. The molecule has 0 spiro atoms. The molecule has 3 N–H and O–H groups in total. The van der Waals surface area contributed by atoms with E-state index in [1.807, 2.05) is 44.0 Å². The van der Waals surface area contributed by atoms with Crippen molar-refractivity contribution in [2.75, 3.05) is 38.1 Å². The monoisotopic (exact) mass is 601 g/mol. The van der Waals surface area contributed by atoms with Crippen LogP contribution in [0.3, 0.4) is 0 Å². The van der Waals surface area contributed by atoms with Gasteiger partial charge in [-0.15, -0.1) is 0 Å². The maximum absolute atomic E-state index is 12.2. The van der Waals surface area contributed by atoms with Gasteiger partial charge in [0, 0.05) is 51.1 Å². The Kier molecular flexibility index (Phi) is 20.5. The Morgan fingerprint density at radius 3 is 2.00 bits per heavy atom. The molecule has 0 saturated heterocycles. The molecule has 0 aliphatic heterocycles. The lowest BCUT2D eigenvalue weighted by atomic mass is 10.2. The van der Waals surface area contributed by atoms with Gasteiger partial charge in [0.05, 0.1) is 6.10 Å². The molecule has 0 bridgehead atoms. The number of allylic oxidation sites excluding steroid dienone is 4. The molecule has 0 fully saturated rings. The van der Waals surface area contributed by atoms with Crippen LogP contribution in [0.1, 0.15) is 52.5 Å². The largest absolute Gasteiger partial charge is 0.508 e. The van der Waals surface area contributed by atoms with Crippen molar-refractivity contribution in [3.8, 4) is 5.75 Å². The number of carbonyl (C=O) groups is 2. The van der Waals surface area contributed by atoms with E-state index >= 15 is 0 Å². The van der Waals surface area contributed by atoms with Crippen LogP contribution >= 0.6 is 0 Å². The van der Waals surface area contributed by atoms with Crippen LogP contribution in [0, 0.1) is 18.6 Å². The van der Waals surface area contributed by atoms with Crippen molar-refractivity contribution in [3.63, 3.8) is 0 Å². The molecule has 0 saturated carbocycles. The number of carbonyl (C=O) groups excluding carboxylic acids is 2. The van der Waals surface area contributed by atoms with E-state index in [-0.39, 0.29) is 18.2 Å². The van der Waals surface area contributed by atoms with E-state index in [2.05, 4.69) is 25.7 Å². The van der Waals surface area contributed by atoms with Gasteiger partial charge >= 0.3 is 0 Å². The summed E-state index contributed by atoms with van der Waals surface area (Å²) in [5.41, 5.74) is 3.37. The Morgan fingerprint density at radius 2 is 1.53 bits per heavy atom. The molecule has 2 aromatic rings. The van der Waals surface area contributed by atoms with E-state index in [1.54, 1.807) is 30.0 Å². The number of aryl methyl sites for hydroxylation is 1. The summed E-state index contributed by atoms with van der Waals surface area (Å²) in [4.78, 5) is 25.8. The molecular formula is C34H49F2N3O4. The number of aromatic hydroxyl groups is 1. The van der Waals surface area contributed by atoms with Crippen molar-refractivity contribution in [1.82, 2.24) is 10.2 Å². The number of phenolic OH excluding ortho intramolecular Hbond substituents is 1. The number of anilines is 1. The number of aliphatic hydroxyl groups is 1. The van der Waals surface area contributed by atoms with Crippen LogP contribution in [0.15, 0.2) is 78.4 Å². The average Bonchev–Trinajstić information content (AvgIpc) is 2.94. The van der Waals surface area contributed by atoms with Crippen LogP contribution in [-0.2, 0) is 9.59 Å². The van der Waals surface area contributed by atoms with E-state index < -0.39 is 17.7 Å². The number of hydrogen-bond acceptors (Lipinski definition) is 5. The summed E-state index contributed by atoms with van der Waals surface area (Å²) in [6, 6.07) is 10.3. The first-order valence-electron chi connectivity index (χ1n) is 14.4. The normalized spacial score (nSPS) is 11.7. The second-order valence-electron chi connectivity index (χ2n) is 10.2. The average molecular weight is 602 g/mol. The molecule has 0 aromatic heterocycles. The maximum atomic E-state index is 12.2. The lowest BCUT2D eigenvalue weighted by molar-refractivity contribution is -0.118. The summed E-state index contributed by atoms with van der Waals surface area (Å²) in [5.74, 6) is -1.04. The van der Waals surface area contributed by atoms with Gasteiger partial charge in [0.2, 0.25) is 12.3 Å². The highest BCUT2D eigenvalue weighted by Gasteiger charge is 2.08. The predicted octanol–water partition coefficient (Wildman–Crippen LogP) is 6.31. The zero-order chi connectivity index (χ0) is 32.8. The van der Waals surface area contributed by atoms with Gasteiger partial charge < -0.3 is 25.3 Å². The second-order valence-corrected chi connectivity index (χ2v) is 10.2. The molecule has 0 heterocycles. The fourth-order valence-corrected chi connectivity index (χ4v) is 3.70. The summed E-state index contributed by atoms with van der Waals surface area (Å²) in [7, 11) is 1.91. The highest BCUT2D eigenvalue weighted by molar-refractivity contribution is 5.88. The van der Waals surface area contributed by atoms with Gasteiger partial charge in [0.15, 0.2) is 0 Å². The Labute approximate surface area is 256 Å². The molecular weight excluding hydrogens is 552 g/mol. The first-order valence-corrected chi connectivity index (χ1v) is 14.4. The maximum Gasteiger partial charge on any atom is 0.244 e. The number of benzene rings is 2. The Hall–Kier alpha value is -3.98. The fraction of sp³-hybridized carbons (Fsp3) is 0.412. The van der Waals surface area contributed by atoms with E-state index in [0.29, 0.717) is 18.5 Å². The zero-order valence-electron chi connectivity index (χ0n) is 26.4. The first kappa shape index (κ1) is 39.0. The van der Waals surface area contributed by atoms with Crippen molar-refractivity contribution in [3.05, 3.63) is 95.6 Å². The van der Waals surface area contributed by atoms with Crippen LogP contribution in [0.2, 0.25) is 0 Å². The fourth-order valence-electron chi connectivity index (χ4n) is 3.70. The summed E-state index contributed by atoms with van der Waals surface area (Å²) in [5, 5.41) is 22.0.